The fourth-order valence-electron chi connectivity index (χ4n) is 1.77. The van der Waals surface area contributed by atoms with Crippen molar-refractivity contribution in [2.75, 3.05) is 33.9 Å². The van der Waals surface area contributed by atoms with Crippen LogP contribution in [0.25, 0.3) is 0 Å². The number of hydrogen-bond donors (Lipinski definition) is 0. The topological polar surface area (TPSA) is 38.8 Å². The summed E-state index contributed by atoms with van der Waals surface area (Å²) in [6, 6.07) is 7.29. The summed E-state index contributed by atoms with van der Waals surface area (Å²) in [5.74, 6) is 0.714. The summed E-state index contributed by atoms with van der Waals surface area (Å²) in [6.07, 6.45) is 0.945. The Labute approximate surface area is 129 Å². The van der Waals surface area contributed by atoms with Crippen LogP contribution in [0.4, 0.5) is 0 Å². The van der Waals surface area contributed by atoms with Gasteiger partial charge in [0.2, 0.25) is 0 Å². The lowest BCUT2D eigenvalue weighted by atomic mass is 10.2. The van der Waals surface area contributed by atoms with E-state index in [1.807, 2.05) is 12.1 Å². The molecule has 0 saturated carbocycles. The molecule has 1 atom stereocenters. The molecule has 0 aromatic heterocycles. The third-order valence-electron chi connectivity index (χ3n) is 2.72. The highest BCUT2D eigenvalue weighted by molar-refractivity contribution is 9.09. The van der Waals surface area contributed by atoms with Crippen LogP contribution in [0.1, 0.15) is 23.7 Å². The lowest BCUT2D eigenvalue weighted by molar-refractivity contribution is 0.0783. The highest BCUT2D eigenvalue weighted by atomic mass is 79.9. The second-order valence-corrected chi connectivity index (χ2v) is 5.91. The Morgan fingerprint density at radius 2 is 2.20 bits per heavy atom. The van der Waals surface area contributed by atoms with Gasteiger partial charge >= 0.3 is 0 Å². The monoisotopic (exact) mass is 343 g/mol. The zero-order valence-corrected chi connectivity index (χ0v) is 13.9. The molecule has 0 N–H and O–H groups in total. The predicted octanol–water partition coefficient (Wildman–Crippen LogP) is 2.96. The van der Waals surface area contributed by atoms with Gasteiger partial charge in [-0.3, -0.25) is 4.79 Å². The Hall–Kier alpha value is -1.07. The van der Waals surface area contributed by atoms with Crippen molar-refractivity contribution >= 4 is 21.8 Å². The summed E-state index contributed by atoms with van der Waals surface area (Å²) in [5, 5.41) is 0. The van der Waals surface area contributed by atoms with Crippen LogP contribution in [0.5, 0.6) is 5.75 Å². The smallest absolute Gasteiger partial charge is 0.253 e. The molecular weight excluding hydrogens is 322 g/mol. The Morgan fingerprint density at radius 3 is 2.85 bits per heavy atom. The van der Waals surface area contributed by atoms with Gasteiger partial charge in [0.25, 0.3) is 5.91 Å². The number of alkyl halides is 1. The van der Waals surface area contributed by atoms with E-state index in [1.165, 1.54) is 0 Å². The number of carbonyl (C=O) groups is 1. The van der Waals surface area contributed by atoms with Crippen LogP contribution >= 0.6 is 15.9 Å². The summed E-state index contributed by atoms with van der Waals surface area (Å²) < 4.78 is 10.6. The largest absolute Gasteiger partial charge is 0.494 e. The van der Waals surface area contributed by atoms with E-state index in [1.54, 1.807) is 31.2 Å². The number of halogens is 1. The molecule has 1 amide bonds. The minimum atomic E-state index is -0.0208. The van der Waals surface area contributed by atoms with Gasteiger partial charge in [-0.1, -0.05) is 28.9 Å². The van der Waals surface area contributed by atoms with Gasteiger partial charge in [0.15, 0.2) is 0 Å². The molecule has 0 fully saturated rings. The SMILES string of the molecule is CCCOc1cccc(C(=O)N(C)CC(Br)COC)c1. The number of carbonyl (C=O) groups excluding carboxylic acids is 1. The quantitative estimate of drug-likeness (QED) is 0.681. The molecular formula is C15H22BrNO3. The minimum Gasteiger partial charge on any atom is -0.494 e. The molecule has 0 aliphatic carbocycles. The van der Waals surface area contributed by atoms with Crippen molar-refractivity contribution in [3.8, 4) is 5.75 Å². The van der Waals surface area contributed by atoms with Crippen molar-refractivity contribution in [1.29, 1.82) is 0 Å². The summed E-state index contributed by atoms with van der Waals surface area (Å²) >= 11 is 3.48. The summed E-state index contributed by atoms with van der Waals surface area (Å²) in [4.78, 5) is 14.1. The maximum atomic E-state index is 12.3. The number of hydrogen-bond acceptors (Lipinski definition) is 3. The summed E-state index contributed by atoms with van der Waals surface area (Å²) in [5.41, 5.74) is 0.637. The van der Waals surface area contributed by atoms with Crippen LogP contribution in [-0.2, 0) is 4.74 Å². The van der Waals surface area contributed by atoms with Gasteiger partial charge < -0.3 is 14.4 Å². The maximum absolute atomic E-state index is 12.3. The van der Waals surface area contributed by atoms with E-state index in [4.69, 9.17) is 9.47 Å². The Morgan fingerprint density at radius 1 is 1.45 bits per heavy atom. The van der Waals surface area contributed by atoms with Gasteiger partial charge in [0.05, 0.1) is 18.0 Å². The first-order valence-corrected chi connectivity index (χ1v) is 7.61. The van der Waals surface area contributed by atoms with Crippen LogP contribution < -0.4 is 4.74 Å². The van der Waals surface area contributed by atoms with Crippen LogP contribution in [-0.4, -0.2) is 49.6 Å². The molecule has 4 nitrogen and oxygen atoms in total. The van der Waals surface area contributed by atoms with E-state index in [0.29, 0.717) is 25.3 Å². The van der Waals surface area contributed by atoms with E-state index < -0.39 is 0 Å². The average Bonchev–Trinajstić information content (AvgIpc) is 2.44. The maximum Gasteiger partial charge on any atom is 0.253 e. The molecule has 0 bridgehead atoms. The molecule has 1 aromatic carbocycles. The first-order chi connectivity index (χ1) is 9.58. The standard InChI is InChI=1S/C15H22BrNO3/c1-4-8-20-14-7-5-6-12(9-14)15(18)17(2)10-13(16)11-19-3/h5-7,9,13H,4,8,10-11H2,1-3H3. The molecule has 0 spiro atoms. The Kier molecular flexibility index (Phi) is 7.62. The zero-order valence-electron chi connectivity index (χ0n) is 12.3. The van der Waals surface area contributed by atoms with Gasteiger partial charge in [-0.15, -0.1) is 0 Å². The number of benzene rings is 1. The minimum absolute atomic E-state index is 0.0208. The Bertz CT molecular complexity index is 425. The first-order valence-electron chi connectivity index (χ1n) is 6.69. The molecule has 0 saturated heterocycles. The van der Waals surface area contributed by atoms with Gasteiger partial charge in [-0.05, 0) is 24.6 Å². The fourth-order valence-corrected chi connectivity index (χ4v) is 2.47. The zero-order chi connectivity index (χ0) is 15.0. The van der Waals surface area contributed by atoms with E-state index in [9.17, 15) is 4.79 Å². The summed E-state index contributed by atoms with van der Waals surface area (Å²) in [6.45, 7) is 3.86. The van der Waals surface area contributed by atoms with Gasteiger partial charge in [-0.2, -0.15) is 0 Å². The van der Waals surface area contributed by atoms with Crippen molar-refractivity contribution in [3.63, 3.8) is 0 Å². The normalized spacial score (nSPS) is 12.0. The second-order valence-electron chi connectivity index (χ2n) is 4.61. The lowest BCUT2D eigenvalue weighted by Crippen LogP contribution is -2.33. The van der Waals surface area contributed by atoms with Crippen molar-refractivity contribution in [2.24, 2.45) is 0 Å². The number of nitrogens with zero attached hydrogens (tertiary/aromatic N) is 1. The summed E-state index contributed by atoms with van der Waals surface area (Å²) in [7, 11) is 3.43. The molecule has 5 heteroatoms. The molecule has 0 radical (unpaired) electrons. The molecule has 0 heterocycles. The molecule has 0 aliphatic heterocycles. The molecule has 1 rings (SSSR count). The predicted molar refractivity (Wildman–Crippen MR) is 83.8 cm³/mol. The number of rotatable bonds is 8. The number of amides is 1. The van der Waals surface area contributed by atoms with E-state index in [2.05, 4.69) is 22.9 Å². The molecule has 1 aromatic rings. The third kappa shape index (κ3) is 5.51. The van der Waals surface area contributed by atoms with E-state index >= 15 is 0 Å². The Balaban J connectivity index is 2.66. The average molecular weight is 344 g/mol. The van der Waals surface area contributed by atoms with Crippen molar-refractivity contribution in [1.82, 2.24) is 4.90 Å². The lowest BCUT2D eigenvalue weighted by Gasteiger charge is -2.20. The number of ether oxygens (including phenoxy) is 2. The van der Waals surface area contributed by atoms with Crippen LogP contribution in [0, 0.1) is 0 Å². The first kappa shape index (κ1) is 17.0. The van der Waals surface area contributed by atoms with Crippen LogP contribution in [0.2, 0.25) is 0 Å². The van der Waals surface area contributed by atoms with Crippen LogP contribution in [0.15, 0.2) is 24.3 Å². The molecule has 20 heavy (non-hydrogen) atoms. The van der Waals surface area contributed by atoms with E-state index in [0.717, 1.165) is 12.2 Å². The highest BCUT2D eigenvalue weighted by Gasteiger charge is 2.15. The third-order valence-corrected chi connectivity index (χ3v) is 3.27. The van der Waals surface area contributed by atoms with E-state index in [-0.39, 0.29) is 10.7 Å². The van der Waals surface area contributed by atoms with Crippen molar-refractivity contribution < 1.29 is 14.3 Å². The highest BCUT2D eigenvalue weighted by Crippen LogP contribution is 2.15. The van der Waals surface area contributed by atoms with Gasteiger partial charge in [0, 0.05) is 26.3 Å². The molecule has 1 unspecified atom stereocenters. The second kappa shape index (κ2) is 8.97. The van der Waals surface area contributed by atoms with Crippen molar-refractivity contribution in [3.05, 3.63) is 29.8 Å². The van der Waals surface area contributed by atoms with Gasteiger partial charge in [-0.25, -0.2) is 0 Å². The number of methoxy groups -OCH3 is 1. The fraction of sp³-hybridized carbons (Fsp3) is 0.533. The molecule has 0 aliphatic rings. The molecule has 112 valence electrons. The van der Waals surface area contributed by atoms with Crippen molar-refractivity contribution in [2.45, 2.75) is 18.2 Å². The van der Waals surface area contributed by atoms with Crippen LogP contribution in [0.3, 0.4) is 0 Å². The van der Waals surface area contributed by atoms with Gasteiger partial charge in [0.1, 0.15) is 5.75 Å².